The maximum atomic E-state index is 12.4. The van der Waals surface area contributed by atoms with Gasteiger partial charge in [0.2, 0.25) is 0 Å². The number of aliphatic carboxylic acids is 1. The zero-order valence-electron chi connectivity index (χ0n) is 12.9. The Kier molecular flexibility index (Phi) is 4.96. The number of carboxylic acid groups (broad SMARTS) is 1. The highest BCUT2D eigenvalue weighted by molar-refractivity contribution is 6.20. The summed E-state index contributed by atoms with van der Waals surface area (Å²) in [6.07, 6.45) is 8.15. The molecule has 0 bridgehead atoms. The molecule has 1 atom stereocenters. The van der Waals surface area contributed by atoms with Crippen molar-refractivity contribution in [2.24, 2.45) is 11.8 Å². The first-order valence-electron chi connectivity index (χ1n) is 7.54. The number of hydrogen-bond donors (Lipinski definition) is 1. The molecule has 0 saturated heterocycles. The van der Waals surface area contributed by atoms with Crippen LogP contribution in [0.5, 0.6) is 0 Å². The number of nitrogens with zero attached hydrogens (tertiary/aromatic N) is 1. The molecule has 0 radical (unpaired) electrons. The van der Waals surface area contributed by atoms with Crippen molar-refractivity contribution in [3.05, 3.63) is 35.5 Å². The number of allylic oxidation sites excluding steroid dienone is 3. The number of imide groups is 1. The lowest BCUT2D eigenvalue weighted by Crippen LogP contribution is -2.37. The van der Waals surface area contributed by atoms with Gasteiger partial charge in [-0.1, -0.05) is 32.1 Å². The van der Waals surface area contributed by atoms with Crippen molar-refractivity contribution in [2.45, 2.75) is 33.1 Å². The number of carboxylic acids is 1. The molecule has 5 heteroatoms. The fourth-order valence-electron chi connectivity index (χ4n) is 2.99. The molecule has 0 aromatic heterocycles. The Morgan fingerprint density at radius 3 is 2.64 bits per heavy atom. The predicted molar refractivity (Wildman–Crippen MR) is 81.8 cm³/mol. The summed E-state index contributed by atoms with van der Waals surface area (Å²) in [6, 6.07) is 0. The summed E-state index contributed by atoms with van der Waals surface area (Å²) < 4.78 is 0. The number of hydrogen-bond acceptors (Lipinski definition) is 3. The number of amides is 2. The van der Waals surface area contributed by atoms with Crippen LogP contribution in [0.15, 0.2) is 35.5 Å². The van der Waals surface area contributed by atoms with E-state index in [9.17, 15) is 14.4 Å². The van der Waals surface area contributed by atoms with Crippen molar-refractivity contribution in [3.63, 3.8) is 0 Å². The largest absolute Gasteiger partial charge is 0.481 e. The maximum Gasteiger partial charge on any atom is 0.303 e. The monoisotopic (exact) mass is 303 g/mol. The van der Waals surface area contributed by atoms with Crippen LogP contribution < -0.4 is 0 Å². The Hall–Kier alpha value is -2.17. The van der Waals surface area contributed by atoms with E-state index < -0.39 is 5.97 Å². The zero-order chi connectivity index (χ0) is 16.3. The van der Waals surface area contributed by atoms with E-state index in [4.69, 9.17) is 5.11 Å². The quantitative estimate of drug-likeness (QED) is 0.764. The van der Waals surface area contributed by atoms with E-state index in [1.807, 2.05) is 26.0 Å². The van der Waals surface area contributed by atoms with Crippen molar-refractivity contribution < 1.29 is 19.5 Å². The van der Waals surface area contributed by atoms with Gasteiger partial charge in [-0.3, -0.25) is 19.3 Å². The highest BCUT2D eigenvalue weighted by Crippen LogP contribution is 2.28. The molecule has 0 aromatic carbocycles. The molecule has 1 aliphatic carbocycles. The molecule has 2 amide bonds. The molecular weight excluding hydrogens is 282 g/mol. The fraction of sp³-hybridized carbons (Fsp3) is 0.471. The molecule has 118 valence electrons. The SMILES string of the molecule is CC(C)C[C@@H](CC(=O)O)CN1C(=O)C2=C(CC=CC=C2)C1=O. The van der Waals surface area contributed by atoms with Gasteiger partial charge in [-0.05, 0) is 30.8 Å². The van der Waals surface area contributed by atoms with E-state index in [1.165, 1.54) is 4.90 Å². The molecule has 1 aliphatic heterocycles. The van der Waals surface area contributed by atoms with Gasteiger partial charge >= 0.3 is 5.97 Å². The smallest absolute Gasteiger partial charge is 0.303 e. The van der Waals surface area contributed by atoms with Crippen LogP contribution in [-0.4, -0.2) is 34.3 Å². The zero-order valence-corrected chi connectivity index (χ0v) is 12.9. The van der Waals surface area contributed by atoms with Gasteiger partial charge in [-0.25, -0.2) is 0 Å². The van der Waals surface area contributed by atoms with Gasteiger partial charge in [-0.15, -0.1) is 0 Å². The lowest BCUT2D eigenvalue weighted by atomic mass is 9.93. The summed E-state index contributed by atoms with van der Waals surface area (Å²) in [5.74, 6) is -1.39. The summed E-state index contributed by atoms with van der Waals surface area (Å²) in [4.78, 5) is 37.1. The summed E-state index contributed by atoms with van der Waals surface area (Å²) in [6.45, 7) is 4.18. The van der Waals surface area contributed by atoms with Crippen LogP contribution in [0, 0.1) is 11.8 Å². The normalized spacial score (nSPS) is 19.0. The minimum absolute atomic E-state index is 0.0321. The molecule has 2 aliphatic rings. The Bertz CT molecular complexity index is 583. The third kappa shape index (κ3) is 3.53. The summed E-state index contributed by atoms with van der Waals surface area (Å²) in [5.41, 5.74) is 0.947. The van der Waals surface area contributed by atoms with E-state index >= 15 is 0 Å². The minimum Gasteiger partial charge on any atom is -0.481 e. The third-order valence-corrected chi connectivity index (χ3v) is 3.84. The van der Waals surface area contributed by atoms with Crippen molar-refractivity contribution in [2.75, 3.05) is 6.54 Å². The van der Waals surface area contributed by atoms with Gasteiger partial charge in [0.1, 0.15) is 0 Å². The van der Waals surface area contributed by atoms with Crippen LogP contribution >= 0.6 is 0 Å². The summed E-state index contributed by atoms with van der Waals surface area (Å²) in [7, 11) is 0. The molecule has 2 rings (SSSR count). The van der Waals surface area contributed by atoms with Gasteiger partial charge in [0, 0.05) is 24.1 Å². The van der Waals surface area contributed by atoms with E-state index in [0.717, 1.165) is 0 Å². The molecule has 0 unspecified atom stereocenters. The molecule has 0 saturated carbocycles. The number of carbonyl (C=O) groups is 3. The van der Waals surface area contributed by atoms with E-state index in [-0.39, 0.29) is 30.7 Å². The Balaban J connectivity index is 2.14. The third-order valence-electron chi connectivity index (χ3n) is 3.84. The van der Waals surface area contributed by atoms with Crippen LogP contribution in [0.3, 0.4) is 0 Å². The van der Waals surface area contributed by atoms with Crippen LogP contribution in [0.2, 0.25) is 0 Å². The van der Waals surface area contributed by atoms with E-state index in [1.54, 1.807) is 12.2 Å². The van der Waals surface area contributed by atoms with Gasteiger partial charge in [-0.2, -0.15) is 0 Å². The first-order valence-corrected chi connectivity index (χ1v) is 7.54. The lowest BCUT2D eigenvalue weighted by molar-refractivity contribution is -0.142. The molecule has 1 heterocycles. The highest BCUT2D eigenvalue weighted by atomic mass is 16.4. The van der Waals surface area contributed by atoms with Gasteiger partial charge in [0.05, 0.1) is 0 Å². The Labute approximate surface area is 130 Å². The Morgan fingerprint density at radius 2 is 2.00 bits per heavy atom. The minimum atomic E-state index is -0.901. The first-order chi connectivity index (χ1) is 10.4. The van der Waals surface area contributed by atoms with Gasteiger partial charge < -0.3 is 5.11 Å². The van der Waals surface area contributed by atoms with Crippen molar-refractivity contribution in [1.82, 2.24) is 4.90 Å². The van der Waals surface area contributed by atoms with Gasteiger partial charge in [0.25, 0.3) is 11.8 Å². The van der Waals surface area contributed by atoms with Crippen LogP contribution in [-0.2, 0) is 14.4 Å². The van der Waals surface area contributed by atoms with Crippen LogP contribution in [0.1, 0.15) is 33.1 Å². The molecule has 0 fully saturated rings. The molecule has 1 N–H and O–H groups in total. The van der Waals surface area contributed by atoms with Crippen molar-refractivity contribution in [1.29, 1.82) is 0 Å². The van der Waals surface area contributed by atoms with Crippen molar-refractivity contribution in [3.8, 4) is 0 Å². The number of rotatable bonds is 6. The van der Waals surface area contributed by atoms with Crippen molar-refractivity contribution >= 4 is 17.8 Å². The second-order valence-electron chi connectivity index (χ2n) is 6.20. The Morgan fingerprint density at radius 1 is 1.27 bits per heavy atom. The molecular formula is C17H21NO4. The van der Waals surface area contributed by atoms with Crippen LogP contribution in [0.25, 0.3) is 0 Å². The average molecular weight is 303 g/mol. The first kappa shape index (κ1) is 16.2. The summed E-state index contributed by atoms with van der Waals surface area (Å²) >= 11 is 0. The molecule has 22 heavy (non-hydrogen) atoms. The molecule has 5 nitrogen and oxygen atoms in total. The fourth-order valence-corrected chi connectivity index (χ4v) is 2.99. The average Bonchev–Trinajstić information content (AvgIpc) is 2.62. The standard InChI is InChI=1S/C17H21NO4/c1-11(2)8-12(9-15(19)20)10-18-16(21)13-6-4-3-5-7-14(13)17(18)22/h3-6,11-12H,7-10H2,1-2H3,(H,19,20)/t12-/m0/s1. The maximum absolute atomic E-state index is 12.4. The van der Waals surface area contributed by atoms with Crippen LogP contribution in [0.4, 0.5) is 0 Å². The van der Waals surface area contributed by atoms with E-state index in [2.05, 4.69) is 0 Å². The van der Waals surface area contributed by atoms with E-state index in [0.29, 0.717) is 29.9 Å². The summed E-state index contributed by atoms with van der Waals surface area (Å²) in [5, 5.41) is 9.03. The predicted octanol–water partition coefficient (Wildman–Crippen LogP) is 2.30. The molecule has 0 spiro atoms. The second-order valence-corrected chi connectivity index (χ2v) is 6.20. The highest BCUT2D eigenvalue weighted by Gasteiger charge is 2.37. The second kappa shape index (κ2) is 6.73. The molecule has 0 aromatic rings. The van der Waals surface area contributed by atoms with Gasteiger partial charge in [0.15, 0.2) is 0 Å². The topological polar surface area (TPSA) is 74.7 Å². The lowest BCUT2D eigenvalue weighted by Gasteiger charge is -2.23. The number of carbonyl (C=O) groups excluding carboxylic acids is 2.